The topological polar surface area (TPSA) is 29.1 Å². The highest BCUT2D eigenvalue weighted by Gasteiger charge is 2.29. The van der Waals surface area contributed by atoms with Crippen molar-refractivity contribution in [2.24, 2.45) is 5.92 Å². The molecule has 0 amide bonds. The van der Waals surface area contributed by atoms with Crippen LogP contribution in [0.1, 0.15) is 23.7 Å². The van der Waals surface area contributed by atoms with Gasteiger partial charge in [-0.15, -0.1) is 0 Å². The maximum atomic E-state index is 12.1. The predicted octanol–water partition coefficient (Wildman–Crippen LogP) is 2.52. The summed E-state index contributed by atoms with van der Waals surface area (Å²) in [4.78, 5) is 12.1. The molecule has 2 unspecified atom stereocenters. The molecule has 0 aromatic heterocycles. The molecule has 1 fully saturated rings. The van der Waals surface area contributed by atoms with Gasteiger partial charge in [0, 0.05) is 22.5 Å². The van der Waals surface area contributed by atoms with Crippen molar-refractivity contribution in [3.05, 3.63) is 34.9 Å². The molecule has 0 radical (unpaired) electrons. The number of nitrogens with one attached hydrogen (secondary N) is 1. The summed E-state index contributed by atoms with van der Waals surface area (Å²) in [7, 11) is 0. The number of halogens is 1. The number of hydrogen-bond acceptors (Lipinski definition) is 2. The zero-order valence-electron chi connectivity index (χ0n) is 8.66. The molecule has 2 atom stereocenters. The van der Waals surface area contributed by atoms with Crippen molar-refractivity contribution in [1.82, 2.24) is 5.32 Å². The molecule has 1 aliphatic heterocycles. The summed E-state index contributed by atoms with van der Waals surface area (Å²) in [6, 6.07) is 7.42. The lowest BCUT2D eigenvalue weighted by Crippen LogP contribution is -2.28. The lowest BCUT2D eigenvalue weighted by atomic mass is 9.92. The Balaban J connectivity index is 2.17. The molecule has 80 valence electrons. The third-order valence-electron chi connectivity index (χ3n) is 2.99. The van der Waals surface area contributed by atoms with E-state index in [0.717, 1.165) is 18.5 Å². The molecular weight excluding hydrogens is 210 g/mol. The predicted molar refractivity (Wildman–Crippen MR) is 61.4 cm³/mol. The Labute approximate surface area is 94.6 Å². The minimum atomic E-state index is 0.117. The highest BCUT2D eigenvalue weighted by Crippen LogP contribution is 2.21. The number of rotatable bonds is 2. The van der Waals surface area contributed by atoms with Crippen molar-refractivity contribution in [2.75, 3.05) is 6.54 Å². The van der Waals surface area contributed by atoms with Crippen LogP contribution in [0.2, 0.25) is 5.02 Å². The van der Waals surface area contributed by atoms with Gasteiger partial charge in [0.2, 0.25) is 0 Å². The van der Waals surface area contributed by atoms with E-state index < -0.39 is 0 Å². The van der Waals surface area contributed by atoms with E-state index in [0.29, 0.717) is 5.02 Å². The molecule has 1 aromatic rings. The van der Waals surface area contributed by atoms with Crippen molar-refractivity contribution < 1.29 is 4.79 Å². The van der Waals surface area contributed by atoms with Crippen LogP contribution in [0.25, 0.3) is 0 Å². The van der Waals surface area contributed by atoms with Crippen LogP contribution in [-0.4, -0.2) is 18.4 Å². The summed E-state index contributed by atoms with van der Waals surface area (Å²) in [6.45, 7) is 3.00. The smallest absolute Gasteiger partial charge is 0.167 e. The van der Waals surface area contributed by atoms with Crippen molar-refractivity contribution in [2.45, 2.75) is 19.4 Å². The van der Waals surface area contributed by atoms with E-state index in [1.165, 1.54) is 0 Å². The summed E-state index contributed by atoms with van der Waals surface area (Å²) in [5, 5.41) is 3.96. The largest absolute Gasteiger partial charge is 0.313 e. The molecule has 1 aromatic carbocycles. The fourth-order valence-corrected chi connectivity index (χ4v) is 2.17. The SMILES string of the molecule is CC1NCCC1C(=O)c1ccc(Cl)cc1. The monoisotopic (exact) mass is 223 g/mol. The first-order valence-corrected chi connectivity index (χ1v) is 5.59. The highest BCUT2D eigenvalue weighted by molar-refractivity contribution is 6.30. The number of benzene rings is 1. The zero-order valence-corrected chi connectivity index (χ0v) is 9.42. The lowest BCUT2D eigenvalue weighted by Gasteiger charge is -2.13. The first-order chi connectivity index (χ1) is 7.18. The zero-order chi connectivity index (χ0) is 10.8. The van der Waals surface area contributed by atoms with Crippen LogP contribution in [0.4, 0.5) is 0 Å². The first-order valence-electron chi connectivity index (χ1n) is 5.21. The lowest BCUT2D eigenvalue weighted by molar-refractivity contribution is 0.0914. The fourth-order valence-electron chi connectivity index (χ4n) is 2.05. The third kappa shape index (κ3) is 2.21. The fraction of sp³-hybridized carbons (Fsp3) is 0.417. The minimum Gasteiger partial charge on any atom is -0.313 e. The van der Waals surface area contributed by atoms with Gasteiger partial charge in [-0.05, 0) is 44.2 Å². The Bertz CT molecular complexity index is 360. The second-order valence-electron chi connectivity index (χ2n) is 4.01. The minimum absolute atomic E-state index is 0.117. The van der Waals surface area contributed by atoms with E-state index in [1.54, 1.807) is 24.3 Å². The Morgan fingerprint density at radius 3 is 2.60 bits per heavy atom. The average molecular weight is 224 g/mol. The molecule has 2 nitrogen and oxygen atoms in total. The van der Waals surface area contributed by atoms with E-state index in [2.05, 4.69) is 12.2 Å². The Kier molecular flexibility index (Phi) is 3.08. The standard InChI is InChI=1S/C12H14ClNO/c1-8-11(6-7-14-8)12(15)9-2-4-10(13)5-3-9/h2-5,8,11,14H,6-7H2,1H3. The van der Waals surface area contributed by atoms with Crippen LogP contribution < -0.4 is 5.32 Å². The van der Waals surface area contributed by atoms with E-state index in [-0.39, 0.29) is 17.7 Å². The molecule has 1 heterocycles. The normalized spacial score (nSPS) is 25.5. The van der Waals surface area contributed by atoms with E-state index in [4.69, 9.17) is 11.6 Å². The first kappa shape index (κ1) is 10.7. The number of ketones is 1. The summed E-state index contributed by atoms with van der Waals surface area (Å²) in [5.74, 6) is 0.343. The maximum Gasteiger partial charge on any atom is 0.167 e. The van der Waals surface area contributed by atoms with Gasteiger partial charge in [-0.3, -0.25) is 4.79 Å². The average Bonchev–Trinajstić information content (AvgIpc) is 2.65. The Hall–Kier alpha value is -0.860. The molecule has 15 heavy (non-hydrogen) atoms. The van der Waals surface area contributed by atoms with Crippen molar-refractivity contribution in [1.29, 1.82) is 0 Å². The summed E-state index contributed by atoms with van der Waals surface area (Å²) < 4.78 is 0. The van der Waals surface area contributed by atoms with E-state index in [1.807, 2.05) is 0 Å². The molecule has 1 aliphatic rings. The third-order valence-corrected chi connectivity index (χ3v) is 3.24. The van der Waals surface area contributed by atoms with Crippen LogP contribution in [0, 0.1) is 5.92 Å². The second kappa shape index (κ2) is 4.33. The summed E-state index contributed by atoms with van der Waals surface area (Å²) in [5.41, 5.74) is 0.764. The molecule has 2 rings (SSSR count). The van der Waals surface area contributed by atoms with Crippen LogP contribution in [0.15, 0.2) is 24.3 Å². The van der Waals surface area contributed by atoms with Crippen LogP contribution in [0.5, 0.6) is 0 Å². The highest BCUT2D eigenvalue weighted by atomic mass is 35.5. The van der Waals surface area contributed by atoms with Crippen molar-refractivity contribution in [3.8, 4) is 0 Å². The maximum absolute atomic E-state index is 12.1. The summed E-state index contributed by atoms with van der Waals surface area (Å²) >= 11 is 5.78. The van der Waals surface area contributed by atoms with Crippen LogP contribution in [0.3, 0.4) is 0 Å². The molecule has 1 N–H and O–H groups in total. The van der Waals surface area contributed by atoms with Gasteiger partial charge in [0.05, 0.1) is 0 Å². The van der Waals surface area contributed by atoms with Crippen molar-refractivity contribution >= 4 is 17.4 Å². The molecule has 0 aliphatic carbocycles. The molecule has 0 spiro atoms. The van der Waals surface area contributed by atoms with Gasteiger partial charge in [0.25, 0.3) is 0 Å². The van der Waals surface area contributed by atoms with Crippen LogP contribution >= 0.6 is 11.6 Å². The number of carbonyl (C=O) groups is 1. The van der Waals surface area contributed by atoms with Gasteiger partial charge in [-0.25, -0.2) is 0 Å². The molecular formula is C12H14ClNO. The van der Waals surface area contributed by atoms with Gasteiger partial charge >= 0.3 is 0 Å². The van der Waals surface area contributed by atoms with Crippen molar-refractivity contribution in [3.63, 3.8) is 0 Å². The Morgan fingerprint density at radius 1 is 1.40 bits per heavy atom. The number of carbonyl (C=O) groups excluding carboxylic acids is 1. The number of hydrogen-bond donors (Lipinski definition) is 1. The number of Topliss-reactive ketones (excluding diaryl/α,β-unsaturated/α-hetero) is 1. The molecule has 0 saturated carbocycles. The van der Waals surface area contributed by atoms with Gasteiger partial charge in [-0.2, -0.15) is 0 Å². The molecule has 3 heteroatoms. The summed E-state index contributed by atoms with van der Waals surface area (Å²) in [6.07, 6.45) is 0.933. The second-order valence-corrected chi connectivity index (χ2v) is 4.45. The quantitative estimate of drug-likeness (QED) is 0.781. The van der Waals surface area contributed by atoms with Gasteiger partial charge < -0.3 is 5.32 Å². The molecule has 0 bridgehead atoms. The van der Waals surface area contributed by atoms with Crippen LogP contribution in [-0.2, 0) is 0 Å². The molecule has 1 saturated heterocycles. The van der Waals surface area contributed by atoms with Gasteiger partial charge in [-0.1, -0.05) is 11.6 Å². The Morgan fingerprint density at radius 2 is 2.07 bits per heavy atom. The van der Waals surface area contributed by atoms with E-state index >= 15 is 0 Å². The van der Waals surface area contributed by atoms with Gasteiger partial charge in [0.15, 0.2) is 5.78 Å². The van der Waals surface area contributed by atoms with Gasteiger partial charge in [0.1, 0.15) is 0 Å². The van der Waals surface area contributed by atoms with E-state index in [9.17, 15) is 4.79 Å².